The van der Waals surface area contributed by atoms with Crippen LogP contribution in [0.15, 0.2) is 36.4 Å². The van der Waals surface area contributed by atoms with Crippen LogP contribution in [0.4, 0.5) is 5.69 Å². The Balaban J connectivity index is 2.27. The molecule has 0 bridgehead atoms. The van der Waals surface area contributed by atoms with Crippen LogP contribution in [-0.4, -0.2) is 21.7 Å². The van der Waals surface area contributed by atoms with E-state index in [0.29, 0.717) is 17.2 Å². The van der Waals surface area contributed by atoms with Crippen LogP contribution in [0.2, 0.25) is 0 Å². The molecule has 0 amide bonds. The molecule has 5 nitrogen and oxygen atoms in total. The third-order valence-corrected chi connectivity index (χ3v) is 3.05. The SMILES string of the molecule is COc1ccccc1-c1nc2c(N)ccc(C)n2n1. The highest BCUT2D eigenvalue weighted by Gasteiger charge is 2.13. The molecule has 3 aromatic rings. The molecule has 5 heteroatoms. The third-order valence-electron chi connectivity index (χ3n) is 3.05. The molecular formula is C14H14N4O. The van der Waals surface area contributed by atoms with Gasteiger partial charge >= 0.3 is 0 Å². The first kappa shape index (κ1) is 11.5. The minimum absolute atomic E-state index is 0.610. The van der Waals surface area contributed by atoms with Crippen molar-refractivity contribution in [2.45, 2.75) is 6.92 Å². The van der Waals surface area contributed by atoms with Crippen molar-refractivity contribution in [3.8, 4) is 17.1 Å². The number of hydrogen-bond donors (Lipinski definition) is 1. The molecule has 0 saturated heterocycles. The van der Waals surface area contributed by atoms with Gasteiger partial charge in [-0.1, -0.05) is 12.1 Å². The fourth-order valence-electron chi connectivity index (χ4n) is 2.04. The Labute approximate surface area is 110 Å². The lowest BCUT2D eigenvalue weighted by atomic mass is 10.2. The lowest BCUT2D eigenvalue weighted by molar-refractivity contribution is 0.416. The number of methoxy groups -OCH3 is 1. The number of hydrogen-bond acceptors (Lipinski definition) is 4. The first-order valence-corrected chi connectivity index (χ1v) is 5.96. The zero-order chi connectivity index (χ0) is 13.4. The molecule has 19 heavy (non-hydrogen) atoms. The van der Waals surface area contributed by atoms with Gasteiger partial charge in [-0.05, 0) is 31.2 Å². The van der Waals surface area contributed by atoms with Crippen LogP contribution < -0.4 is 10.5 Å². The van der Waals surface area contributed by atoms with Crippen LogP contribution in [0, 0.1) is 6.92 Å². The third kappa shape index (κ3) is 1.79. The molecule has 0 aliphatic rings. The molecule has 0 aliphatic heterocycles. The lowest BCUT2D eigenvalue weighted by Gasteiger charge is -2.03. The van der Waals surface area contributed by atoms with Crippen LogP contribution in [-0.2, 0) is 0 Å². The molecule has 0 spiro atoms. The van der Waals surface area contributed by atoms with E-state index in [2.05, 4.69) is 10.1 Å². The zero-order valence-corrected chi connectivity index (χ0v) is 10.8. The molecule has 2 heterocycles. The number of nitrogens with zero attached hydrogens (tertiary/aromatic N) is 3. The maximum atomic E-state index is 5.93. The Morgan fingerprint density at radius 3 is 2.68 bits per heavy atom. The molecule has 0 unspecified atom stereocenters. The zero-order valence-electron chi connectivity index (χ0n) is 10.8. The summed E-state index contributed by atoms with van der Waals surface area (Å²) in [5.41, 5.74) is 9.05. The van der Waals surface area contributed by atoms with Gasteiger partial charge in [-0.25, -0.2) is 9.50 Å². The van der Waals surface area contributed by atoms with E-state index in [1.54, 1.807) is 11.6 Å². The highest BCUT2D eigenvalue weighted by Crippen LogP contribution is 2.28. The number of benzene rings is 1. The molecule has 0 fully saturated rings. The number of rotatable bonds is 2. The normalized spacial score (nSPS) is 10.8. The number of nitrogens with two attached hydrogens (primary N) is 1. The van der Waals surface area contributed by atoms with Gasteiger partial charge in [0.05, 0.1) is 18.4 Å². The average molecular weight is 254 g/mol. The van der Waals surface area contributed by atoms with E-state index in [4.69, 9.17) is 10.5 Å². The van der Waals surface area contributed by atoms with Crippen LogP contribution in [0.3, 0.4) is 0 Å². The van der Waals surface area contributed by atoms with Gasteiger partial charge in [-0.3, -0.25) is 0 Å². The summed E-state index contributed by atoms with van der Waals surface area (Å²) < 4.78 is 7.08. The summed E-state index contributed by atoms with van der Waals surface area (Å²) in [7, 11) is 1.63. The van der Waals surface area contributed by atoms with E-state index in [-0.39, 0.29) is 0 Å². The van der Waals surface area contributed by atoms with E-state index in [9.17, 15) is 0 Å². The molecule has 0 atom stereocenters. The number of aromatic nitrogens is 3. The van der Waals surface area contributed by atoms with E-state index >= 15 is 0 Å². The van der Waals surface area contributed by atoms with Crippen molar-refractivity contribution in [1.82, 2.24) is 14.6 Å². The maximum Gasteiger partial charge on any atom is 0.185 e. The second kappa shape index (κ2) is 4.28. The molecule has 0 aliphatic carbocycles. The molecule has 96 valence electrons. The van der Waals surface area contributed by atoms with Gasteiger partial charge in [-0.15, -0.1) is 5.10 Å². The number of anilines is 1. The predicted molar refractivity (Wildman–Crippen MR) is 74.1 cm³/mol. The van der Waals surface area contributed by atoms with Crippen molar-refractivity contribution in [2.75, 3.05) is 12.8 Å². The van der Waals surface area contributed by atoms with Crippen LogP contribution in [0.1, 0.15) is 5.69 Å². The van der Waals surface area contributed by atoms with Crippen LogP contribution in [0.5, 0.6) is 5.75 Å². The molecule has 3 rings (SSSR count). The topological polar surface area (TPSA) is 65.4 Å². The first-order chi connectivity index (χ1) is 9.20. The second-order valence-corrected chi connectivity index (χ2v) is 4.30. The number of fused-ring (bicyclic) bond motifs is 1. The summed E-state index contributed by atoms with van der Waals surface area (Å²) in [5, 5.41) is 4.50. The number of para-hydroxylation sites is 1. The largest absolute Gasteiger partial charge is 0.496 e. The van der Waals surface area contributed by atoms with Gasteiger partial charge in [0.25, 0.3) is 0 Å². The minimum atomic E-state index is 0.610. The molecule has 1 aromatic carbocycles. The van der Waals surface area contributed by atoms with Crippen molar-refractivity contribution in [3.63, 3.8) is 0 Å². The highest BCUT2D eigenvalue weighted by molar-refractivity contribution is 5.71. The summed E-state index contributed by atoms with van der Waals surface area (Å²) in [4.78, 5) is 4.50. The van der Waals surface area contributed by atoms with Crippen molar-refractivity contribution in [3.05, 3.63) is 42.1 Å². The van der Waals surface area contributed by atoms with Crippen molar-refractivity contribution in [2.24, 2.45) is 0 Å². The van der Waals surface area contributed by atoms with Gasteiger partial charge in [-0.2, -0.15) is 0 Å². The van der Waals surface area contributed by atoms with Crippen molar-refractivity contribution in [1.29, 1.82) is 0 Å². The quantitative estimate of drug-likeness (QED) is 0.762. The highest BCUT2D eigenvalue weighted by atomic mass is 16.5. The standard InChI is InChI=1S/C14H14N4O/c1-9-7-8-11(15)14-16-13(17-18(9)14)10-5-3-4-6-12(10)19-2/h3-8H,15H2,1-2H3. The van der Waals surface area contributed by atoms with E-state index in [1.807, 2.05) is 43.3 Å². The lowest BCUT2D eigenvalue weighted by Crippen LogP contribution is -1.97. The molecule has 0 saturated carbocycles. The Morgan fingerprint density at radius 1 is 1.16 bits per heavy atom. The summed E-state index contributed by atoms with van der Waals surface area (Å²) in [6, 6.07) is 11.4. The fraction of sp³-hybridized carbons (Fsp3) is 0.143. The van der Waals surface area contributed by atoms with Gasteiger partial charge in [0.15, 0.2) is 11.5 Å². The monoisotopic (exact) mass is 254 g/mol. The van der Waals surface area contributed by atoms with Gasteiger partial charge in [0.1, 0.15) is 5.75 Å². The number of pyridine rings is 1. The van der Waals surface area contributed by atoms with E-state index < -0.39 is 0 Å². The van der Waals surface area contributed by atoms with Crippen molar-refractivity contribution >= 4 is 11.3 Å². The van der Waals surface area contributed by atoms with E-state index in [0.717, 1.165) is 17.0 Å². The number of ether oxygens (including phenoxy) is 1. The fourth-order valence-corrected chi connectivity index (χ4v) is 2.04. The minimum Gasteiger partial charge on any atom is -0.496 e. The maximum absolute atomic E-state index is 5.93. The smallest absolute Gasteiger partial charge is 0.185 e. The second-order valence-electron chi connectivity index (χ2n) is 4.30. The Kier molecular flexibility index (Phi) is 2.59. The van der Waals surface area contributed by atoms with Crippen molar-refractivity contribution < 1.29 is 4.74 Å². The Bertz CT molecular complexity index is 709. The summed E-state index contributed by atoms with van der Waals surface area (Å²) >= 11 is 0. The van der Waals surface area contributed by atoms with Gasteiger partial charge in [0.2, 0.25) is 0 Å². The summed E-state index contributed by atoms with van der Waals surface area (Å²) in [5.74, 6) is 1.35. The van der Waals surface area contributed by atoms with Crippen LogP contribution in [0.25, 0.3) is 17.0 Å². The summed E-state index contributed by atoms with van der Waals surface area (Å²) in [6.45, 7) is 1.97. The molecular weight excluding hydrogens is 240 g/mol. The number of nitrogen functional groups attached to an aromatic ring is 1. The average Bonchev–Trinajstić information content (AvgIpc) is 2.89. The summed E-state index contributed by atoms with van der Waals surface area (Å²) in [6.07, 6.45) is 0. The van der Waals surface area contributed by atoms with Gasteiger partial charge < -0.3 is 10.5 Å². The Morgan fingerprint density at radius 2 is 1.95 bits per heavy atom. The molecule has 2 N–H and O–H groups in total. The Hall–Kier alpha value is -2.56. The first-order valence-electron chi connectivity index (χ1n) is 5.96. The molecule has 2 aromatic heterocycles. The van der Waals surface area contributed by atoms with E-state index in [1.165, 1.54) is 0 Å². The van der Waals surface area contributed by atoms with Gasteiger partial charge in [0, 0.05) is 5.69 Å². The predicted octanol–water partition coefficient (Wildman–Crippen LogP) is 2.30. The molecule has 0 radical (unpaired) electrons. The van der Waals surface area contributed by atoms with Crippen LogP contribution >= 0.6 is 0 Å². The number of aryl methyl sites for hydroxylation is 1.